The molecule has 0 saturated heterocycles. The second-order valence-electron chi connectivity index (χ2n) is 3.77. The Hall–Kier alpha value is -1.12. The van der Waals surface area contributed by atoms with Crippen LogP contribution < -0.4 is 4.74 Å². The van der Waals surface area contributed by atoms with Crippen molar-refractivity contribution in [2.45, 2.75) is 32.8 Å². The molecule has 0 fully saturated rings. The molecule has 0 atom stereocenters. The molecule has 0 radical (unpaired) electrons. The van der Waals surface area contributed by atoms with Crippen molar-refractivity contribution in [2.75, 3.05) is 0 Å². The summed E-state index contributed by atoms with van der Waals surface area (Å²) < 4.78 is 31.3. The number of benzene rings is 1. The zero-order valence-electron chi connectivity index (χ0n) is 8.60. The Bertz CT molecular complexity index is 321. The molecule has 3 heteroatoms. The molecule has 0 N–H and O–H groups in total. The van der Waals surface area contributed by atoms with E-state index in [0.717, 1.165) is 12.5 Å². The van der Waals surface area contributed by atoms with Crippen molar-refractivity contribution in [1.82, 2.24) is 0 Å². The predicted molar refractivity (Wildman–Crippen MR) is 51.4 cm³/mol. The molecule has 0 amide bonds. The summed E-state index contributed by atoms with van der Waals surface area (Å²) in [6.45, 7) is 5.59. The van der Waals surface area contributed by atoms with Gasteiger partial charge in [0.2, 0.25) is 5.82 Å². The molecule has 0 bridgehead atoms. The summed E-state index contributed by atoms with van der Waals surface area (Å²) in [5.41, 5.74) is -0.478. The number of rotatable bonds is 3. The van der Waals surface area contributed by atoms with Gasteiger partial charge in [-0.1, -0.05) is 13.0 Å². The van der Waals surface area contributed by atoms with Gasteiger partial charge < -0.3 is 4.74 Å². The van der Waals surface area contributed by atoms with E-state index < -0.39 is 17.2 Å². The van der Waals surface area contributed by atoms with Gasteiger partial charge in [0, 0.05) is 0 Å². The van der Waals surface area contributed by atoms with Crippen molar-refractivity contribution < 1.29 is 13.5 Å². The van der Waals surface area contributed by atoms with E-state index in [9.17, 15) is 8.78 Å². The normalized spacial score (nSPS) is 11.5. The van der Waals surface area contributed by atoms with Gasteiger partial charge in [-0.25, -0.2) is 4.39 Å². The van der Waals surface area contributed by atoms with Gasteiger partial charge in [0.05, 0.1) is 0 Å². The molecule has 0 saturated carbocycles. The van der Waals surface area contributed by atoms with Crippen molar-refractivity contribution in [3.05, 3.63) is 29.8 Å². The lowest BCUT2D eigenvalue weighted by Crippen LogP contribution is -2.27. The van der Waals surface area contributed by atoms with E-state index in [0.29, 0.717) is 0 Å². The highest BCUT2D eigenvalue weighted by Gasteiger charge is 2.19. The van der Waals surface area contributed by atoms with Gasteiger partial charge in [-0.05, 0) is 32.4 Å². The Balaban J connectivity index is 2.92. The standard InChI is InChI=1S/C11H14F2O/c1-4-11(2,3)14-9-7-5-6-8(12)10(9)13/h5-7H,4H2,1-3H3. The largest absolute Gasteiger partial charge is 0.485 e. The van der Waals surface area contributed by atoms with Gasteiger partial charge in [-0.2, -0.15) is 4.39 Å². The van der Waals surface area contributed by atoms with Gasteiger partial charge in [-0.3, -0.25) is 0 Å². The van der Waals surface area contributed by atoms with Crippen LogP contribution in [0.4, 0.5) is 8.78 Å². The number of halogens is 2. The van der Waals surface area contributed by atoms with Crippen molar-refractivity contribution >= 4 is 0 Å². The summed E-state index contributed by atoms with van der Waals surface area (Å²) in [4.78, 5) is 0. The first kappa shape index (κ1) is 11.0. The molecule has 0 aliphatic rings. The number of hydrogen-bond donors (Lipinski definition) is 0. The number of hydrogen-bond acceptors (Lipinski definition) is 1. The molecule has 0 aromatic heterocycles. The van der Waals surface area contributed by atoms with Crippen LogP contribution in [0.2, 0.25) is 0 Å². The van der Waals surface area contributed by atoms with Crippen LogP contribution in [-0.4, -0.2) is 5.60 Å². The van der Waals surface area contributed by atoms with Crippen LogP contribution >= 0.6 is 0 Å². The fourth-order valence-electron chi connectivity index (χ4n) is 0.933. The maximum atomic E-state index is 13.2. The SMILES string of the molecule is CCC(C)(C)Oc1cccc(F)c1F. The summed E-state index contributed by atoms with van der Waals surface area (Å²) in [5, 5.41) is 0. The van der Waals surface area contributed by atoms with Gasteiger partial charge in [0.1, 0.15) is 5.60 Å². The van der Waals surface area contributed by atoms with Gasteiger partial charge in [-0.15, -0.1) is 0 Å². The third kappa shape index (κ3) is 2.44. The smallest absolute Gasteiger partial charge is 0.200 e. The van der Waals surface area contributed by atoms with Crippen molar-refractivity contribution in [2.24, 2.45) is 0 Å². The summed E-state index contributed by atoms with van der Waals surface area (Å²) in [7, 11) is 0. The quantitative estimate of drug-likeness (QED) is 0.725. The highest BCUT2D eigenvalue weighted by Crippen LogP contribution is 2.25. The molecule has 0 aliphatic heterocycles. The van der Waals surface area contributed by atoms with E-state index in [4.69, 9.17) is 4.74 Å². The highest BCUT2D eigenvalue weighted by molar-refractivity contribution is 5.25. The second-order valence-corrected chi connectivity index (χ2v) is 3.77. The first-order valence-electron chi connectivity index (χ1n) is 4.59. The molecule has 0 aliphatic carbocycles. The molecular weight excluding hydrogens is 186 g/mol. The van der Waals surface area contributed by atoms with Crippen LogP contribution in [0.25, 0.3) is 0 Å². The summed E-state index contributed by atoms with van der Waals surface area (Å²) in [6.07, 6.45) is 0.725. The Morgan fingerprint density at radius 1 is 1.29 bits per heavy atom. The number of ether oxygens (including phenoxy) is 1. The van der Waals surface area contributed by atoms with Crippen molar-refractivity contribution in [3.8, 4) is 5.75 Å². The van der Waals surface area contributed by atoms with Crippen LogP contribution in [0.5, 0.6) is 5.75 Å². The Morgan fingerprint density at radius 3 is 2.50 bits per heavy atom. The van der Waals surface area contributed by atoms with E-state index in [1.807, 2.05) is 20.8 Å². The second kappa shape index (κ2) is 3.95. The lowest BCUT2D eigenvalue weighted by atomic mass is 10.1. The first-order valence-corrected chi connectivity index (χ1v) is 4.59. The van der Waals surface area contributed by atoms with E-state index in [1.54, 1.807) is 0 Å². The van der Waals surface area contributed by atoms with Gasteiger partial charge in [0.15, 0.2) is 11.6 Å². The van der Waals surface area contributed by atoms with E-state index in [1.165, 1.54) is 12.1 Å². The zero-order valence-corrected chi connectivity index (χ0v) is 8.60. The van der Waals surface area contributed by atoms with E-state index in [2.05, 4.69) is 0 Å². The van der Waals surface area contributed by atoms with Crippen LogP contribution in [0.1, 0.15) is 27.2 Å². The minimum absolute atomic E-state index is 0.0307. The molecule has 1 nitrogen and oxygen atoms in total. The maximum absolute atomic E-state index is 13.2. The van der Waals surface area contributed by atoms with Crippen molar-refractivity contribution in [1.29, 1.82) is 0 Å². The zero-order chi connectivity index (χ0) is 10.8. The minimum Gasteiger partial charge on any atom is -0.485 e. The average Bonchev–Trinajstić information content (AvgIpc) is 2.13. The van der Waals surface area contributed by atoms with Crippen LogP contribution in [0, 0.1) is 11.6 Å². The molecule has 0 spiro atoms. The molecule has 1 rings (SSSR count). The lowest BCUT2D eigenvalue weighted by molar-refractivity contribution is 0.0983. The van der Waals surface area contributed by atoms with E-state index >= 15 is 0 Å². The average molecular weight is 200 g/mol. The van der Waals surface area contributed by atoms with Gasteiger partial charge in [0.25, 0.3) is 0 Å². The Kier molecular flexibility index (Phi) is 3.09. The highest BCUT2D eigenvalue weighted by atomic mass is 19.2. The first-order chi connectivity index (χ1) is 6.46. The van der Waals surface area contributed by atoms with Crippen LogP contribution in [0.15, 0.2) is 18.2 Å². The van der Waals surface area contributed by atoms with Gasteiger partial charge >= 0.3 is 0 Å². The molecular formula is C11H14F2O. The molecule has 0 unspecified atom stereocenters. The predicted octanol–water partition coefficient (Wildman–Crippen LogP) is 3.53. The monoisotopic (exact) mass is 200 g/mol. The molecule has 0 heterocycles. The van der Waals surface area contributed by atoms with E-state index in [-0.39, 0.29) is 5.75 Å². The summed E-state index contributed by atoms with van der Waals surface area (Å²) in [6, 6.07) is 3.93. The molecule has 1 aromatic rings. The molecule has 78 valence electrons. The lowest BCUT2D eigenvalue weighted by Gasteiger charge is -2.25. The van der Waals surface area contributed by atoms with Crippen molar-refractivity contribution in [3.63, 3.8) is 0 Å². The maximum Gasteiger partial charge on any atom is 0.200 e. The summed E-state index contributed by atoms with van der Waals surface area (Å²) >= 11 is 0. The molecule has 14 heavy (non-hydrogen) atoms. The Morgan fingerprint density at radius 2 is 1.93 bits per heavy atom. The summed E-state index contributed by atoms with van der Waals surface area (Å²) in [5.74, 6) is -1.83. The molecule has 1 aromatic carbocycles. The van der Waals surface area contributed by atoms with Crippen LogP contribution in [0.3, 0.4) is 0 Å². The minimum atomic E-state index is -0.922. The van der Waals surface area contributed by atoms with Crippen LogP contribution in [-0.2, 0) is 0 Å². The third-order valence-electron chi connectivity index (χ3n) is 2.15. The Labute approximate surface area is 82.7 Å². The fraction of sp³-hybridized carbons (Fsp3) is 0.455. The fourth-order valence-corrected chi connectivity index (χ4v) is 0.933. The third-order valence-corrected chi connectivity index (χ3v) is 2.15. The topological polar surface area (TPSA) is 9.23 Å².